The van der Waals surface area contributed by atoms with E-state index in [4.69, 9.17) is 16.6 Å². The Labute approximate surface area is 179 Å². The molecule has 0 amide bonds. The van der Waals surface area contributed by atoms with Crippen LogP contribution >= 0.6 is 28.1 Å². The van der Waals surface area contributed by atoms with Crippen LogP contribution < -0.4 is 5.32 Å². The highest BCUT2D eigenvalue weighted by Crippen LogP contribution is 2.40. The van der Waals surface area contributed by atoms with Gasteiger partial charge >= 0.3 is 0 Å². The van der Waals surface area contributed by atoms with Crippen molar-refractivity contribution in [3.8, 4) is 11.3 Å². The van der Waals surface area contributed by atoms with E-state index in [0.29, 0.717) is 0 Å². The SMILES string of the molecule is CCCCN1C(=S)N[C@@H](c2ccccn2)[C@@H]1c1ccc(-c2ccc(Br)cc2)o1. The van der Waals surface area contributed by atoms with E-state index in [9.17, 15) is 0 Å². The molecule has 0 saturated carbocycles. The van der Waals surface area contributed by atoms with Gasteiger partial charge in [0.15, 0.2) is 5.11 Å². The zero-order chi connectivity index (χ0) is 19.5. The molecule has 0 aliphatic carbocycles. The Bertz CT molecular complexity index is 942. The molecule has 0 radical (unpaired) electrons. The second kappa shape index (κ2) is 8.45. The summed E-state index contributed by atoms with van der Waals surface area (Å²) in [6, 6.07) is 18.2. The van der Waals surface area contributed by atoms with Gasteiger partial charge in [0.05, 0.1) is 11.7 Å². The van der Waals surface area contributed by atoms with Gasteiger partial charge in [-0.2, -0.15) is 0 Å². The maximum atomic E-state index is 6.32. The van der Waals surface area contributed by atoms with E-state index >= 15 is 0 Å². The maximum Gasteiger partial charge on any atom is 0.170 e. The molecule has 28 heavy (non-hydrogen) atoms. The van der Waals surface area contributed by atoms with Crippen LogP contribution in [0.2, 0.25) is 0 Å². The number of rotatable bonds is 6. The highest BCUT2D eigenvalue weighted by atomic mass is 79.9. The zero-order valence-electron chi connectivity index (χ0n) is 15.6. The molecule has 0 unspecified atom stereocenters. The van der Waals surface area contributed by atoms with Gasteiger partial charge in [0.2, 0.25) is 0 Å². The van der Waals surface area contributed by atoms with Crippen molar-refractivity contribution >= 4 is 33.3 Å². The molecule has 4 rings (SSSR count). The summed E-state index contributed by atoms with van der Waals surface area (Å²) in [7, 11) is 0. The summed E-state index contributed by atoms with van der Waals surface area (Å²) < 4.78 is 7.37. The molecule has 144 valence electrons. The number of nitrogens with zero attached hydrogens (tertiary/aromatic N) is 2. The molecule has 6 heteroatoms. The molecule has 4 nitrogen and oxygen atoms in total. The number of aromatic nitrogens is 1. The summed E-state index contributed by atoms with van der Waals surface area (Å²) in [5.41, 5.74) is 2.02. The van der Waals surface area contributed by atoms with Gasteiger partial charge in [0.1, 0.15) is 17.6 Å². The smallest absolute Gasteiger partial charge is 0.170 e. The fraction of sp³-hybridized carbons (Fsp3) is 0.273. The number of pyridine rings is 1. The number of halogens is 1. The molecule has 1 saturated heterocycles. The minimum absolute atomic E-state index is 0.0156. The van der Waals surface area contributed by atoms with Crippen LogP contribution in [0.25, 0.3) is 11.3 Å². The number of hydrogen-bond acceptors (Lipinski definition) is 3. The molecule has 3 heterocycles. The lowest BCUT2D eigenvalue weighted by molar-refractivity contribution is 0.271. The molecular weight excluding hydrogens is 434 g/mol. The summed E-state index contributed by atoms with van der Waals surface area (Å²) in [6.45, 7) is 3.08. The first-order valence-electron chi connectivity index (χ1n) is 9.51. The van der Waals surface area contributed by atoms with Gasteiger partial charge < -0.3 is 14.6 Å². The van der Waals surface area contributed by atoms with E-state index in [0.717, 1.165) is 51.7 Å². The van der Waals surface area contributed by atoms with E-state index in [2.05, 4.69) is 56.3 Å². The lowest BCUT2D eigenvalue weighted by Crippen LogP contribution is -2.30. The van der Waals surface area contributed by atoms with E-state index in [1.165, 1.54) is 0 Å². The molecule has 1 aromatic carbocycles. The van der Waals surface area contributed by atoms with Crippen LogP contribution in [0.4, 0.5) is 0 Å². The summed E-state index contributed by atoms with van der Waals surface area (Å²) in [4.78, 5) is 6.80. The van der Waals surface area contributed by atoms with Crippen LogP contribution in [0.3, 0.4) is 0 Å². The van der Waals surface area contributed by atoms with Crippen molar-refractivity contribution in [2.75, 3.05) is 6.54 Å². The molecule has 1 aliphatic rings. The topological polar surface area (TPSA) is 41.3 Å². The largest absolute Gasteiger partial charge is 0.459 e. The maximum absolute atomic E-state index is 6.32. The summed E-state index contributed by atoms with van der Waals surface area (Å²) in [5, 5.41) is 4.22. The number of thiocarbonyl (C=S) groups is 1. The highest BCUT2D eigenvalue weighted by Gasteiger charge is 2.41. The molecule has 0 bridgehead atoms. The Kier molecular flexibility index (Phi) is 5.78. The van der Waals surface area contributed by atoms with Gasteiger partial charge in [-0.1, -0.05) is 47.5 Å². The molecule has 1 N–H and O–H groups in total. The number of benzene rings is 1. The van der Waals surface area contributed by atoms with Gasteiger partial charge in [-0.15, -0.1) is 0 Å². The first kappa shape index (κ1) is 19.2. The average molecular weight is 456 g/mol. The summed E-state index contributed by atoms with van der Waals surface area (Å²) >= 11 is 9.15. The molecule has 1 aliphatic heterocycles. The Morgan fingerprint density at radius 2 is 1.96 bits per heavy atom. The van der Waals surface area contributed by atoms with E-state index in [1.807, 2.05) is 42.6 Å². The number of unbranched alkanes of at least 4 members (excludes halogenated alkanes) is 1. The van der Waals surface area contributed by atoms with Crippen molar-refractivity contribution in [1.82, 2.24) is 15.2 Å². The summed E-state index contributed by atoms with van der Waals surface area (Å²) in [5.74, 6) is 1.76. The third-order valence-electron chi connectivity index (χ3n) is 5.00. The van der Waals surface area contributed by atoms with Crippen LogP contribution in [0.5, 0.6) is 0 Å². The van der Waals surface area contributed by atoms with E-state index in [-0.39, 0.29) is 12.1 Å². The summed E-state index contributed by atoms with van der Waals surface area (Å²) in [6.07, 6.45) is 4.01. The van der Waals surface area contributed by atoms with Gasteiger partial charge in [0, 0.05) is 22.8 Å². The molecule has 2 aromatic heterocycles. The monoisotopic (exact) mass is 455 g/mol. The van der Waals surface area contributed by atoms with Crippen LogP contribution in [0, 0.1) is 0 Å². The van der Waals surface area contributed by atoms with Gasteiger partial charge in [-0.3, -0.25) is 4.98 Å². The van der Waals surface area contributed by atoms with Gasteiger partial charge in [-0.05, 0) is 55.0 Å². The first-order chi connectivity index (χ1) is 13.7. The Morgan fingerprint density at radius 3 is 2.68 bits per heavy atom. The molecule has 1 fully saturated rings. The van der Waals surface area contributed by atoms with Gasteiger partial charge in [-0.25, -0.2) is 0 Å². The third kappa shape index (κ3) is 3.84. The van der Waals surface area contributed by atoms with Gasteiger partial charge in [0.25, 0.3) is 0 Å². The molecule has 2 atom stereocenters. The molecular formula is C22H22BrN3OS. The highest BCUT2D eigenvalue weighted by molar-refractivity contribution is 9.10. The molecule has 3 aromatic rings. The molecule has 0 spiro atoms. The Morgan fingerprint density at radius 1 is 1.14 bits per heavy atom. The third-order valence-corrected chi connectivity index (χ3v) is 5.88. The fourth-order valence-corrected chi connectivity index (χ4v) is 4.16. The Hall–Kier alpha value is -2.18. The predicted octanol–water partition coefficient (Wildman–Crippen LogP) is 5.88. The number of nitrogens with one attached hydrogen (secondary N) is 1. The first-order valence-corrected chi connectivity index (χ1v) is 10.7. The quantitative estimate of drug-likeness (QED) is 0.470. The normalized spacial score (nSPS) is 19.1. The zero-order valence-corrected chi connectivity index (χ0v) is 18.0. The van der Waals surface area contributed by atoms with E-state index < -0.39 is 0 Å². The van der Waals surface area contributed by atoms with Crippen LogP contribution in [-0.4, -0.2) is 21.5 Å². The lowest BCUT2D eigenvalue weighted by Gasteiger charge is -2.25. The van der Waals surface area contributed by atoms with Crippen molar-refractivity contribution in [3.63, 3.8) is 0 Å². The minimum Gasteiger partial charge on any atom is -0.459 e. The number of hydrogen-bond donors (Lipinski definition) is 1. The second-order valence-corrected chi connectivity index (χ2v) is 8.18. The van der Waals surface area contributed by atoms with E-state index in [1.54, 1.807) is 0 Å². The van der Waals surface area contributed by atoms with Crippen molar-refractivity contribution in [2.45, 2.75) is 31.8 Å². The second-order valence-electron chi connectivity index (χ2n) is 6.88. The van der Waals surface area contributed by atoms with Crippen LogP contribution in [0.1, 0.15) is 43.3 Å². The van der Waals surface area contributed by atoms with Crippen molar-refractivity contribution in [3.05, 3.63) is 76.7 Å². The van der Waals surface area contributed by atoms with Crippen molar-refractivity contribution in [2.24, 2.45) is 0 Å². The van der Waals surface area contributed by atoms with Crippen molar-refractivity contribution < 1.29 is 4.42 Å². The van der Waals surface area contributed by atoms with Crippen LogP contribution in [0.15, 0.2) is 69.7 Å². The predicted molar refractivity (Wildman–Crippen MR) is 119 cm³/mol. The average Bonchev–Trinajstić information content (AvgIpc) is 3.32. The Balaban J connectivity index is 1.70. The van der Waals surface area contributed by atoms with Crippen LogP contribution in [-0.2, 0) is 0 Å². The fourth-order valence-electron chi connectivity index (χ4n) is 3.56. The minimum atomic E-state index is -0.0329. The standard InChI is InChI=1S/C22H22BrN3OS/c1-2-3-14-26-21(20(25-22(26)28)17-6-4-5-13-24-17)19-12-11-18(27-19)15-7-9-16(23)10-8-15/h4-13,20-21H,2-3,14H2,1H3,(H,25,28)/t20-,21-/m0/s1. The number of furan rings is 1. The van der Waals surface area contributed by atoms with Crippen molar-refractivity contribution in [1.29, 1.82) is 0 Å². The lowest BCUT2D eigenvalue weighted by atomic mass is 10.0.